The second-order valence-corrected chi connectivity index (χ2v) is 7.02. The Bertz CT molecular complexity index is 714. The number of rotatable bonds is 1. The smallest absolute Gasteiger partial charge is 0.153 e. The number of nitrogens with zero attached hydrogens (tertiary/aromatic N) is 2. The summed E-state index contributed by atoms with van der Waals surface area (Å²) < 4.78 is 23.0. The lowest BCUT2D eigenvalue weighted by Crippen LogP contribution is -2.40. The lowest BCUT2D eigenvalue weighted by Gasteiger charge is -2.29. The van der Waals surface area contributed by atoms with Crippen molar-refractivity contribution in [2.75, 3.05) is 35.2 Å². The highest BCUT2D eigenvalue weighted by atomic mass is 32.2. The summed E-state index contributed by atoms with van der Waals surface area (Å²) in [6.07, 6.45) is 1.72. The zero-order valence-electron chi connectivity index (χ0n) is 10.4. The molecule has 2 heterocycles. The molecular weight excluding hydrogens is 262 g/mol. The average molecular weight is 277 g/mol. The van der Waals surface area contributed by atoms with Gasteiger partial charge in [-0.1, -0.05) is 12.1 Å². The van der Waals surface area contributed by atoms with Crippen LogP contribution in [-0.2, 0) is 9.84 Å². The van der Waals surface area contributed by atoms with E-state index in [2.05, 4.69) is 9.88 Å². The number of para-hydroxylation sites is 1. The van der Waals surface area contributed by atoms with E-state index in [4.69, 9.17) is 5.73 Å². The Kier molecular flexibility index (Phi) is 2.82. The molecule has 19 heavy (non-hydrogen) atoms. The van der Waals surface area contributed by atoms with Crippen LogP contribution in [-0.4, -0.2) is 38.0 Å². The van der Waals surface area contributed by atoms with Crippen LogP contribution in [0.1, 0.15) is 0 Å². The Morgan fingerprint density at radius 3 is 2.63 bits per heavy atom. The number of nitrogen functional groups attached to an aromatic ring is 1. The van der Waals surface area contributed by atoms with Crippen LogP contribution < -0.4 is 10.6 Å². The van der Waals surface area contributed by atoms with E-state index in [0.29, 0.717) is 18.8 Å². The molecule has 0 saturated carbocycles. The van der Waals surface area contributed by atoms with Gasteiger partial charge in [-0.2, -0.15) is 0 Å². The van der Waals surface area contributed by atoms with Crippen LogP contribution >= 0.6 is 0 Å². The third kappa shape index (κ3) is 2.23. The third-order valence-corrected chi connectivity index (χ3v) is 5.07. The Hall–Kier alpha value is -1.82. The molecular formula is C13H15N3O2S. The van der Waals surface area contributed by atoms with Gasteiger partial charge in [-0.15, -0.1) is 0 Å². The molecule has 0 amide bonds. The summed E-state index contributed by atoms with van der Waals surface area (Å²) in [5.41, 5.74) is 8.34. The summed E-state index contributed by atoms with van der Waals surface area (Å²) in [4.78, 5) is 6.38. The quantitative estimate of drug-likeness (QED) is 0.789. The summed E-state index contributed by atoms with van der Waals surface area (Å²) in [5, 5.41) is 0.974. The number of aromatic nitrogens is 1. The van der Waals surface area contributed by atoms with Crippen LogP contribution in [0.2, 0.25) is 0 Å². The van der Waals surface area contributed by atoms with Crippen molar-refractivity contribution in [2.24, 2.45) is 0 Å². The first-order chi connectivity index (χ1) is 9.07. The maximum absolute atomic E-state index is 11.5. The first-order valence-electron chi connectivity index (χ1n) is 6.15. The highest BCUT2D eigenvalue weighted by molar-refractivity contribution is 7.91. The summed E-state index contributed by atoms with van der Waals surface area (Å²) in [6.45, 7) is 1.05. The fourth-order valence-corrected chi connectivity index (χ4v) is 3.61. The van der Waals surface area contributed by atoms with Gasteiger partial charge in [0.15, 0.2) is 9.84 Å². The second kappa shape index (κ2) is 4.38. The van der Waals surface area contributed by atoms with Crippen LogP contribution in [0.4, 0.5) is 11.4 Å². The fraction of sp³-hybridized carbons (Fsp3) is 0.308. The zero-order chi connectivity index (χ0) is 13.5. The molecule has 6 heteroatoms. The second-order valence-electron chi connectivity index (χ2n) is 4.71. The van der Waals surface area contributed by atoms with Crippen molar-refractivity contribution in [1.82, 2.24) is 4.98 Å². The molecule has 1 aliphatic rings. The molecule has 0 spiro atoms. The maximum atomic E-state index is 11.5. The van der Waals surface area contributed by atoms with Gasteiger partial charge in [0.25, 0.3) is 0 Å². The minimum atomic E-state index is -2.87. The third-order valence-electron chi connectivity index (χ3n) is 3.46. The van der Waals surface area contributed by atoms with Gasteiger partial charge in [-0.05, 0) is 12.1 Å². The van der Waals surface area contributed by atoms with E-state index in [9.17, 15) is 8.42 Å². The topological polar surface area (TPSA) is 76.3 Å². The molecule has 0 atom stereocenters. The molecule has 0 aliphatic carbocycles. The number of hydrogen-bond donors (Lipinski definition) is 1. The molecule has 2 aromatic rings. The average Bonchev–Trinajstić information content (AvgIpc) is 2.39. The van der Waals surface area contributed by atoms with Gasteiger partial charge in [-0.3, -0.25) is 4.98 Å². The van der Waals surface area contributed by atoms with Crippen molar-refractivity contribution in [1.29, 1.82) is 0 Å². The van der Waals surface area contributed by atoms with Crippen molar-refractivity contribution in [2.45, 2.75) is 0 Å². The molecule has 1 fully saturated rings. The van der Waals surface area contributed by atoms with Gasteiger partial charge in [0, 0.05) is 30.4 Å². The van der Waals surface area contributed by atoms with Crippen molar-refractivity contribution >= 4 is 32.1 Å². The minimum absolute atomic E-state index is 0.207. The molecule has 3 rings (SSSR count). The van der Waals surface area contributed by atoms with Gasteiger partial charge in [0.05, 0.1) is 22.7 Å². The number of sulfone groups is 1. The van der Waals surface area contributed by atoms with Gasteiger partial charge < -0.3 is 10.6 Å². The highest BCUT2D eigenvalue weighted by Crippen LogP contribution is 2.29. The highest BCUT2D eigenvalue weighted by Gasteiger charge is 2.22. The molecule has 0 bridgehead atoms. The van der Waals surface area contributed by atoms with Gasteiger partial charge in [-0.25, -0.2) is 8.42 Å². The summed E-state index contributed by atoms with van der Waals surface area (Å²) in [5.74, 6) is 0.415. The number of anilines is 2. The van der Waals surface area contributed by atoms with Gasteiger partial charge in [0.1, 0.15) is 0 Å². The van der Waals surface area contributed by atoms with E-state index in [1.807, 2.05) is 24.3 Å². The van der Waals surface area contributed by atoms with E-state index < -0.39 is 9.84 Å². The normalized spacial score (nSPS) is 18.6. The number of hydrogen-bond acceptors (Lipinski definition) is 5. The van der Waals surface area contributed by atoms with Crippen molar-refractivity contribution in [3.05, 3.63) is 30.5 Å². The van der Waals surface area contributed by atoms with E-state index in [0.717, 1.165) is 16.6 Å². The number of benzene rings is 1. The summed E-state index contributed by atoms with van der Waals surface area (Å²) in [6, 6.07) is 7.60. The van der Waals surface area contributed by atoms with E-state index in [1.165, 1.54) is 0 Å². The number of fused-ring (bicyclic) bond motifs is 1. The number of nitrogens with two attached hydrogens (primary N) is 1. The Morgan fingerprint density at radius 1 is 1.16 bits per heavy atom. The van der Waals surface area contributed by atoms with E-state index >= 15 is 0 Å². The first-order valence-corrected chi connectivity index (χ1v) is 7.97. The van der Waals surface area contributed by atoms with Crippen LogP contribution in [0.15, 0.2) is 30.5 Å². The van der Waals surface area contributed by atoms with Crippen LogP contribution in [0.25, 0.3) is 10.9 Å². The SMILES string of the molecule is Nc1cccc2c(N3CCS(=O)(=O)CC3)ccnc12. The molecule has 1 aromatic carbocycles. The van der Waals surface area contributed by atoms with Crippen LogP contribution in [0.3, 0.4) is 0 Å². The first kappa shape index (κ1) is 12.2. The van der Waals surface area contributed by atoms with Gasteiger partial charge >= 0.3 is 0 Å². The standard InChI is InChI=1S/C13H15N3O2S/c14-11-3-1-2-10-12(4-5-15-13(10)11)16-6-8-19(17,18)9-7-16/h1-5H,6-9,14H2. The van der Waals surface area contributed by atoms with E-state index in [1.54, 1.807) is 6.20 Å². The fourth-order valence-electron chi connectivity index (χ4n) is 2.41. The molecule has 0 unspecified atom stereocenters. The lowest BCUT2D eigenvalue weighted by molar-refractivity contribution is 0.587. The molecule has 5 nitrogen and oxygen atoms in total. The summed E-state index contributed by atoms with van der Waals surface area (Å²) in [7, 11) is -2.87. The van der Waals surface area contributed by atoms with Crippen molar-refractivity contribution in [3.63, 3.8) is 0 Å². The zero-order valence-corrected chi connectivity index (χ0v) is 11.2. The minimum Gasteiger partial charge on any atom is -0.397 e. The Morgan fingerprint density at radius 2 is 1.89 bits per heavy atom. The Labute approximate surface area is 112 Å². The van der Waals surface area contributed by atoms with E-state index in [-0.39, 0.29) is 11.5 Å². The van der Waals surface area contributed by atoms with Crippen LogP contribution in [0, 0.1) is 0 Å². The molecule has 1 aliphatic heterocycles. The lowest BCUT2D eigenvalue weighted by atomic mass is 10.1. The van der Waals surface area contributed by atoms with Crippen LogP contribution in [0.5, 0.6) is 0 Å². The molecule has 0 radical (unpaired) electrons. The molecule has 2 N–H and O–H groups in total. The maximum Gasteiger partial charge on any atom is 0.153 e. The van der Waals surface area contributed by atoms with Gasteiger partial charge in [0.2, 0.25) is 0 Å². The molecule has 100 valence electrons. The summed E-state index contributed by atoms with van der Waals surface area (Å²) >= 11 is 0. The van der Waals surface area contributed by atoms with Crippen molar-refractivity contribution in [3.8, 4) is 0 Å². The molecule has 1 saturated heterocycles. The monoisotopic (exact) mass is 277 g/mol. The predicted molar refractivity (Wildman–Crippen MR) is 77.0 cm³/mol. The largest absolute Gasteiger partial charge is 0.397 e. The molecule has 1 aromatic heterocycles. The predicted octanol–water partition coefficient (Wildman–Crippen LogP) is 1.05. The van der Waals surface area contributed by atoms with Crippen molar-refractivity contribution < 1.29 is 8.42 Å². The number of pyridine rings is 1. The Balaban J connectivity index is 2.04.